The molecular formula is C17H22N2OS. The van der Waals surface area contributed by atoms with E-state index in [0.29, 0.717) is 0 Å². The van der Waals surface area contributed by atoms with Crippen molar-refractivity contribution in [3.63, 3.8) is 0 Å². The summed E-state index contributed by atoms with van der Waals surface area (Å²) in [6.45, 7) is 5.41. The zero-order chi connectivity index (χ0) is 14.8. The Morgan fingerprint density at radius 3 is 3.00 bits per heavy atom. The van der Waals surface area contributed by atoms with Crippen molar-refractivity contribution >= 4 is 22.2 Å². The number of benzene rings is 1. The van der Waals surface area contributed by atoms with Crippen molar-refractivity contribution in [1.29, 1.82) is 0 Å². The Labute approximate surface area is 130 Å². The van der Waals surface area contributed by atoms with E-state index in [2.05, 4.69) is 36.9 Å². The van der Waals surface area contributed by atoms with Gasteiger partial charge in [-0.15, -0.1) is 0 Å². The molecule has 1 aromatic carbocycles. The van der Waals surface area contributed by atoms with E-state index in [-0.39, 0.29) is 6.61 Å². The van der Waals surface area contributed by atoms with Crippen LogP contribution in [0.5, 0.6) is 0 Å². The first-order valence-corrected chi connectivity index (χ1v) is 8.51. The van der Waals surface area contributed by atoms with E-state index in [4.69, 9.17) is 4.98 Å². The smallest absolute Gasteiger partial charge is 0.190 e. The number of aliphatic hydroxyl groups excluding tert-OH is 1. The summed E-state index contributed by atoms with van der Waals surface area (Å²) in [5, 5.41) is 10.6. The summed E-state index contributed by atoms with van der Waals surface area (Å²) in [6, 6.07) is 6.67. The molecule has 0 unspecified atom stereocenters. The molecule has 1 aromatic heterocycles. The van der Waals surface area contributed by atoms with Crippen LogP contribution in [0.1, 0.15) is 41.5 Å². The Balaban J connectivity index is 1.98. The first kappa shape index (κ1) is 14.5. The standard InChI is InChI=1S/C17H22N2OS/c1-3-5-14-16(11-20)21-17(18-14)19-9-4-6-13-10-12(2)7-8-15(13)19/h7-8,10,20H,3-6,9,11H2,1-2H3. The highest BCUT2D eigenvalue weighted by atomic mass is 32.1. The maximum absolute atomic E-state index is 9.54. The summed E-state index contributed by atoms with van der Waals surface area (Å²) in [7, 11) is 0. The van der Waals surface area contributed by atoms with Crippen LogP contribution in [0.15, 0.2) is 18.2 Å². The zero-order valence-corrected chi connectivity index (χ0v) is 13.5. The number of rotatable bonds is 4. The third-order valence-corrected chi connectivity index (χ3v) is 5.09. The van der Waals surface area contributed by atoms with Crippen molar-refractivity contribution in [2.24, 2.45) is 0 Å². The van der Waals surface area contributed by atoms with Gasteiger partial charge >= 0.3 is 0 Å². The number of hydrogen-bond donors (Lipinski definition) is 1. The van der Waals surface area contributed by atoms with Gasteiger partial charge in [0.05, 0.1) is 17.2 Å². The van der Waals surface area contributed by atoms with Crippen molar-refractivity contribution in [3.05, 3.63) is 39.9 Å². The van der Waals surface area contributed by atoms with Gasteiger partial charge in [-0.25, -0.2) is 4.98 Å². The lowest BCUT2D eigenvalue weighted by atomic mass is 10.00. The van der Waals surface area contributed by atoms with Crippen LogP contribution in [0.2, 0.25) is 0 Å². The lowest BCUT2D eigenvalue weighted by Gasteiger charge is -2.29. The van der Waals surface area contributed by atoms with Gasteiger partial charge in [-0.3, -0.25) is 0 Å². The van der Waals surface area contributed by atoms with Crippen molar-refractivity contribution in [1.82, 2.24) is 4.98 Å². The van der Waals surface area contributed by atoms with Gasteiger partial charge in [-0.05, 0) is 37.8 Å². The van der Waals surface area contributed by atoms with Gasteiger partial charge in [0.2, 0.25) is 0 Å². The summed E-state index contributed by atoms with van der Waals surface area (Å²) in [6.07, 6.45) is 4.31. The number of nitrogens with zero attached hydrogens (tertiary/aromatic N) is 2. The maximum Gasteiger partial charge on any atom is 0.190 e. The van der Waals surface area contributed by atoms with Gasteiger partial charge < -0.3 is 10.0 Å². The molecular weight excluding hydrogens is 280 g/mol. The van der Waals surface area contributed by atoms with E-state index in [1.165, 1.54) is 16.8 Å². The zero-order valence-electron chi connectivity index (χ0n) is 12.7. The van der Waals surface area contributed by atoms with Crippen molar-refractivity contribution < 1.29 is 5.11 Å². The molecule has 0 fully saturated rings. The number of fused-ring (bicyclic) bond motifs is 1. The van der Waals surface area contributed by atoms with Gasteiger partial charge in [-0.2, -0.15) is 0 Å². The second kappa shape index (κ2) is 6.16. The molecule has 112 valence electrons. The van der Waals surface area contributed by atoms with Crippen LogP contribution >= 0.6 is 11.3 Å². The summed E-state index contributed by atoms with van der Waals surface area (Å²) in [5.41, 5.74) is 5.09. The number of thiazole rings is 1. The van der Waals surface area contributed by atoms with Gasteiger partial charge in [0.15, 0.2) is 5.13 Å². The third-order valence-electron chi connectivity index (χ3n) is 3.98. The van der Waals surface area contributed by atoms with Crippen LogP contribution in [-0.4, -0.2) is 16.6 Å². The Kier molecular flexibility index (Phi) is 4.27. The fraction of sp³-hybridized carbons (Fsp3) is 0.471. The van der Waals surface area contributed by atoms with Crippen LogP contribution in [0.4, 0.5) is 10.8 Å². The molecule has 2 heterocycles. The Morgan fingerprint density at radius 1 is 1.38 bits per heavy atom. The largest absolute Gasteiger partial charge is 0.391 e. The third kappa shape index (κ3) is 2.83. The molecule has 0 radical (unpaired) electrons. The van der Waals surface area contributed by atoms with Crippen LogP contribution in [0.3, 0.4) is 0 Å². The van der Waals surface area contributed by atoms with E-state index in [9.17, 15) is 5.11 Å². The number of aryl methyl sites for hydroxylation is 3. The van der Waals surface area contributed by atoms with Gasteiger partial charge in [0.1, 0.15) is 0 Å². The molecule has 21 heavy (non-hydrogen) atoms. The second-order valence-electron chi connectivity index (χ2n) is 5.66. The molecule has 1 aliphatic heterocycles. The number of aromatic nitrogens is 1. The average molecular weight is 302 g/mol. The van der Waals surface area contributed by atoms with Crippen LogP contribution in [-0.2, 0) is 19.4 Å². The van der Waals surface area contributed by atoms with E-state index in [1.54, 1.807) is 11.3 Å². The summed E-state index contributed by atoms with van der Waals surface area (Å²) >= 11 is 1.64. The highest BCUT2D eigenvalue weighted by Crippen LogP contribution is 2.37. The molecule has 1 N–H and O–H groups in total. The van der Waals surface area contributed by atoms with Gasteiger partial charge in [0.25, 0.3) is 0 Å². The van der Waals surface area contributed by atoms with E-state index in [0.717, 1.165) is 47.9 Å². The minimum Gasteiger partial charge on any atom is -0.391 e. The highest BCUT2D eigenvalue weighted by molar-refractivity contribution is 7.15. The normalized spacial score (nSPS) is 14.3. The van der Waals surface area contributed by atoms with Gasteiger partial charge in [0, 0.05) is 12.2 Å². The van der Waals surface area contributed by atoms with E-state index < -0.39 is 0 Å². The number of aliphatic hydroxyl groups is 1. The van der Waals surface area contributed by atoms with Crippen LogP contribution in [0.25, 0.3) is 0 Å². The first-order chi connectivity index (χ1) is 10.2. The SMILES string of the molecule is CCCc1nc(N2CCCc3cc(C)ccc32)sc1CO. The summed E-state index contributed by atoms with van der Waals surface area (Å²) < 4.78 is 0. The molecule has 0 bridgehead atoms. The molecule has 0 aliphatic carbocycles. The average Bonchev–Trinajstić information content (AvgIpc) is 2.89. The predicted octanol–water partition coefficient (Wildman–Crippen LogP) is 3.98. The molecule has 0 saturated heterocycles. The molecule has 3 nitrogen and oxygen atoms in total. The summed E-state index contributed by atoms with van der Waals surface area (Å²) in [4.78, 5) is 8.14. The molecule has 0 amide bonds. The lowest BCUT2D eigenvalue weighted by Crippen LogP contribution is -2.24. The minimum absolute atomic E-state index is 0.0988. The molecule has 2 aromatic rings. The monoisotopic (exact) mass is 302 g/mol. The van der Waals surface area contributed by atoms with Crippen molar-refractivity contribution in [2.45, 2.75) is 46.1 Å². The topological polar surface area (TPSA) is 36.4 Å². The van der Waals surface area contributed by atoms with E-state index in [1.807, 2.05) is 0 Å². The predicted molar refractivity (Wildman–Crippen MR) is 88.5 cm³/mol. The molecule has 3 rings (SSSR count). The summed E-state index contributed by atoms with van der Waals surface area (Å²) in [5.74, 6) is 0. The van der Waals surface area contributed by atoms with Crippen molar-refractivity contribution in [2.75, 3.05) is 11.4 Å². The molecule has 0 spiro atoms. The Bertz CT molecular complexity index is 636. The quantitative estimate of drug-likeness (QED) is 0.928. The van der Waals surface area contributed by atoms with Crippen molar-refractivity contribution in [3.8, 4) is 0 Å². The highest BCUT2D eigenvalue weighted by Gasteiger charge is 2.22. The molecule has 1 aliphatic rings. The van der Waals surface area contributed by atoms with Crippen LogP contribution in [0, 0.1) is 6.92 Å². The van der Waals surface area contributed by atoms with Crippen LogP contribution < -0.4 is 4.90 Å². The number of hydrogen-bond acceptors (Lipinski definition) is 4. The van der Waals surface area contributed by atoms with Gasteiger partial charge in [-0.1, -0.05) is 42.4 Å². The molecule has 0 atom stereocenters. The maximum atomic E-state index is 9.54. The lowest BCUT2D eigenvalue weighted by molar-refractivity contribution is 0.284. The fourth-order valence-electron chi connectivity index (χ4n) is 2.97. The minimum atomic E-state index is 0.0988. The second-order valence-corrected chi connectivity index (χ2v) is 6.72. The number of anilines is 2. The molecule has 0 saturated carbocycles. The van der Waals surface area contributed by atoms with E-state index >= 15 is 0 Å². The fourth-order valence-corrected chi connectivity index (χ4v) is 3.97. The first-order valence-electron chi connectivity index (χ1n) is 7.69. The molecule has 4 heteroatoms. The Morgan fingerprint density at radius 2 is 2.24 bits per heavy atom. The Hall–Kier alpha value is -1.39.